The normalized spacial score (nSPS) is 15.8. The van der Waals surface area contributed by atoms with Gasteiger partial charge in [0.05, 0.1) is 12.1 Å². The molecule has 0 bridgehead atoms. The third kappa shape index (κ3) is 3.68. The van der Waals surface area contributed by atoms with Crippen LogP contribution in [0.25, 0.3) is 0 Å². The molecule has 0 aromatic heterocycles. The largest absolute Gasteiger partial charge is 0.490 e. The Kier molecular flexibility index (Phi) is 4.67. The van der Waals surface area contributed by atoms with Gasteiger partial charge in [-0.05, 0) is 55.3 Å². The Morgan fingerprint density at radius 3 is 2.62 bits per heavy atom. The Balaban J connectivity index is 1.91. The Morgan fingerprint density at radius 1 is 1.14 bits per heavy atom. The first-order valence-corrected chi connectivity index (χ1v) is 8.65. The van der Waals surface area contributed by atoms with Gasteiger partial charge in [0.25, 0.3) is 0 Å². The molecule has 1 aliphatic rings. The van der Waals surface area contributed by atoms with E-state index in [2.05, 4.69) is 73.6 Å². The van der Waals surface area contributed by atoms with Gasteiger partial charge in [0, 0.05) is 8.95 Å². The lowest BCUT2D eigenvalue weighted by Crippen LogP contribution is -2.18. The molecule has 2 nitrogen and oxygen atoms in total. The van der Waals surface area contributed by atoms with Crippen molar-refractivity contribution in [1.29, 1.82) is 0 Å². The number of benzene rings is 2. The zero-order valence-corrected chi connectivity index (χ0v) is 14.9. The Hall–Kier alpha value is -0.840. The summed E-state index contributed by atoms with van der Waals surface area (Å²) in [5.74, 6) is 0.962. The number of ether oxygens (including phenoxy) is 1. The van der Waals surface area contributed by atoms with Gasteiger partial charge >= 0.3 is 0 Å². The van der Waals surface area contributed by atoms with Crippen LogP contribution in [0.4, 0.5) is 0 Å². The molecule has 3 rings (SSSR count). The van der Waals surface area contributed by atoms with Crippen LogP contribution in [0.1, 0.15) is 30.0 Å². The van der Waals surface area contributed by atoms with E-state index in [0.29, 0.717) is 6.10 Å². The number of halogens is 2. The highest BCUT2D eigenvalue weighted by Crippen LogP contribution is 2.33. The predicted molar refractivity (Wildman–Crippen MR) is 92.8 cm³/mol. The lowest BCUT2D eigenvalue weighted by Gasteiger charge is -2.20. The molecule has 1 saturated carbocycles. The summed E-state index contributed by atoms with van der Waals surface area (Å²) in [6.07, 6.45) is 2.78. The van der Waals surface area contributed by atoms with Crippen LogP contribution in [0.5, 0.6) is 5.75 Å². The second-order valence-electron chi connectivity index (χ2n) is 5.28. The fourth-order valence-corrected chi connectivity index (χ4v) is 3.66. The zero-order valence-electron chi connectivity index (χ0n) is 11.8. The second-order valence-corrected chi connectivity index (χ2v) is 7.05. The molecule has 2 aromatic carbocycles. The molecule has 21 heavy (non-hydrogen) atoms. The van der Waals surface area contributed by atoms with E-state index in [4.69, 9.17) is 4.74 Å². The summed E-state index contributed by atoms with van der Waals surface area (Å²) >= 11 is 7.15. The molecule has 1 atom stereocenters. The Labute approximate surface area is 142 Å². The highest BCUT2D eigenvalue weighted by molar-refractivity contribution is 9.11. The zero-order chi connectivity index (χ0) is 14.8. The quantitative estimate of drug-likeness (QED) is 0.743. The summed E-state index contributed by atoms with van der Waals surface area (Å²) in [6.45, 7) is 0. The minimum Gasteiger partial charge on any atom is -0.490 e. The first-order chi connectivity index (χ1) is 10.2. The molecule has 110 valence electrons. The predicted octanol–water partition coefficient (Wildman–Crippen LogP) is 5.06. The maximum Gasteiger partial charge on any atom is 0.120 e. The van der Waals surface area contributed by atoms with Crippen molar-refractivity contribution in [2.75, 3.05) is 7.05 Å². The van der Waals surface area contributed by atoms with Gasteiger partial charge in [-0.1, -0.05) is 50.1 Å². The van der Waals surface area contributed by atoms with Crippen molar-refractivity contribution in [3.63, 3.8) is 0 Å². The van der Waals surface area contributed by atoms with Crippen molar-refractivity contribution in [3.8, 4) is 5.75 Å². The molecule has 0 spiro atoms. The number of nitrogens with one attached hydrogen (secondary N) is 1. The van der Waals surface area contributed by atoms with Crippen LogP contribution in [0.3, 0.4) is 0 Å². The van der Waals surface area contributed by atoms with Gasteiger partial charge in [-0.25, -0.2) is 0 Å². The smallest absolute Gasteiger partial charge is 0.120 e. The molecule has 1 fully saturated rings. The summed E-state index contributed by atoms with van der Waals surface area (Å²) in [6, 6.07) is 14.8. The fraction of sp³-hybridized carbons (Fsp3) is 0.294. The highest BCUT2D eigenvalue weighted by Gasteiger charge is 2.24. The van der Waals surface area contributed by atoms with Gasteiger partial charge in [-0.3, -0.25) is 0 Å². The molecule has 1 unspecified atom stereocenters. The number of rotatable bonds is 5. The van der Waals surface area contributed by atoms with Crippen LogP contribution < -0.4 is 10.1 Å². The highest BCUT2D eigenvalue weighted by atomic mass is 79.9. The van der Waals surface area contributed by atoms with Crippen molar-refractivity contribution < 1.29 is 4.74 Å². The summed E-state index contributed by atoms with van der Waals surface area (Å²) in [7, 11) is 1.98. The molecule has 2 aromatic rings. The van der Waals surface area contributed by atoms with Crippen LogP contribution in [-0.2, 0) is 0 Å². The van der Waals surface area contributed by atoms with Gasteiger partial charge in [-0.15, -0.1) is 0 Å². The average molecular weight is 411 g/mol. The van der Waals surface area contributed by atoms with Crippen LogP contribution >= 0.6 is 31.9 Å². The number of hydrogen-bond acceptors (Lipinski definition) is 2. The molecule has 0 heterocycles. The first kappa shape index (κ1) is 15.1. The first-order valence-electron chi connectivity index (χ1n) is 7.06. The topological polar surface area (TPSA) is 21.3 Å². The van der Waals surface area contributed by atoms with E-state index in [1.165, 1.54) is 24.0 Å². The third-order valence-electron chi connectivity index (χ3n) is 3.58. The van der Waals surface area contributed by atoms with E-state index in [1.807, 2.05) is 13.1 Å². The third-order valence-corrected chi connectivity index (χ3v) is 4.76. The van der Waals surface area contributed by atoms with E-state index in [9.17, 15) is 0 Å². The summed E-state index contributed by atoms with van der Waals surface area (Å²) in [5.41, 5.74) is 2.42. The molecule has 0 aliphatic heterocycles. The molecular weight excluding hydrogens is 394 g/mol. The van der Waals surface area contributed by atoms with E-state index in [0.717, 1.165) is 14.7 Å². The van der Waals surface area contributed by atoms with Crippen molar-refractivity contribution >= 4 is 31.9 Å². The maximum atomic E-state index is 5.90. The van der Waals surface area contributed by atoms with Crippen LogP contribution in [-0.4, -0.2) is 13.2 Å². The SMILES string of the molecule is CNC(c1cccc(OC2CC2)c1)c1ccc(Br)cc1Br. The molecule has 0 saturated heterocycles. The minimum atomic E-state index is 0.134. The van der Waals surface area contributed by atoms with Crippen molar-refractivity contribution in [1.82, 2.24) is 5.32 Å². The monoisotopic (exact) mass is 409 g/mol. The van der Waals surface area contributed by atoms with E-state index in [-0.39, 0.29) is 6.04 Å². The van der Waals surface area contributed by atoms with E-state index in [1.54, 1.807) is 0 Å². The molecule has 0 amide bonds. The second kappa shape index (κ2) is 6.51. The van der Waals surface area contributed by atoms with Crippen LogP contribution in [0.2, 0.25) is 0 Å². The van der Waals surface area contributed by atoms with Gasteiger partial charge < -0.3 is 10.1 Å². The lowest BCUT2D eigenvalue weighted by atomic mass is 9.99. The molecule has 1 N–H and O–H groups in total. The van der Waals surface area contributed by atoms with Crippen LogP contribution in [0, 0.1) is 0 Å². The average Bonchev–Trinajstić information content (AvgIpc) is 3.26. The van der Waals surface area contributed by atoms with Gasteiger partial charge in [0.2, 0.25) is 0 Å². The molecule has 1 aliphatic carbocycles. The van der Waals surface area contributed by atoms with Gasteiger partial charge in [0.1, 0.15) is 5.75 Å². The van der Waals surface area contributed by atoms with E-state index >= 15 is 0 Å². The molecular formula is C17H17Br2NO. The van der Waals surface area contributed by atoms with Gasteiger partial charge in [-0.2, -0.15) is 0 Å². The Morgan fingerprint density at radius 2 is 1.95 bits per heavy atom. The van der Waals surface area contributed by atoms with Crippen molar-refractivity contribution in [3.05, 3.63) is 62.5 Å². The lowest BCUT2D eigenvalue weighted by molar-refractivity contribution is 0.302. The number of hydrogen-bond donors (Lipinski definition) is 1. The standard InChI is InChI=1S/C17H17Br2NO/c1-20-17(15-8-5-12(18)10-16(15)19)11-3-2-4-14(9-11)21-13-6-7-13/h2-5,8-10,13,17,20H,6-7H2,1H3. The molecule has 0 radical (unpaired) electrons. The summed E-state index contributed by atoms with van der Waals surface area (Å²) in [5, 5.41) is 3.39. The minimum absolute atomic E-state index is 0.134. The van der Waals surface area contributed by atoms with Crippen molar-refractivity contribution in [2.24, 2.45) is 0 Å². The van der Waals surface area contributed by atoms with Crippen molar-refractivity contribution in [2.45, 2.75) is 25.0 Å². The van der Waals surface area contributed by atoms with Gasteiger partial charge in [0.15, 0.2) is 0 Å². The van der Waals surface area contributed by atoms with E-state index < -0.39 is 0 Å². The summed E-state index contributed by atoms with van der Waals surface area (Å²) < 4.78 is 8.05. The Bertz CT molecular complexity index is 640. The molecule has 4 heteroatoms. The fourth-order valence-electron chi connectivity index (χ4n) is 2.38. The maximum absolute atomic E-state index is 5.90. The summed E-state index contributed by atoms with van der Waals surface area (Å²) in [4.78, 5) is 0. The van der Waals surface area contributed by atoms with Crippen LogP contribution in [0.15, 0.2) is 51.4 Å².